The molecule has 2 rings (SSSR count). The lowest BCUT2D eigenvalue weighted by Crippen LogP contribution is -2.54. The Kier molecular flexibility index (Phi) is 2.93. The quantitative estimate of drug-likeness (QED) is 0.868. The lowest BCUT2D eigenvalue weighted by Gasteiger charge is -2.44. The fourth-order valence-corrected chi connectivity index (χ4v) is 2.70. The summed E-state index contributed by atoms with van der Waals surface area (Å²) >= 11 is 0. The van der Waals surface area contributed by atoms with Gasteiger partial charge in [-0.1, -0.05) is 38.1 Å². The van der Waals surface area contributed by atoms with Gasteiger partial charge in [-0.3, -0.25) is 0 Å². The van der Waals surface area contributed by atoms with E-state index in [1.165, 1.54) is 12.1 Å². The molecule has 1 aliphatic rings. The predicted molar refractivity (Wildman–Crippen MR) is 65.2 cm³/mol. The van der Waals surface area contributed by atoms with E-state index in [4.69, 9.17) is 5.11 Å². The molecule has 1 aromatic rings. The van der Waals surface area contributed by atoms with Crippen molar-refractivity contribution in [1.29, 1.82) is 0 Å². The van der Waals surface area contributed by atoms with E-state index in [0.29, 0.717) is 12.0 Å². The van der Waals surface area contributed by atoms with Gasteiger partial charge in [0.25, 0.3) is 0 Å². The van der Waals surface area contributed by atoms with Crippen molar-refractivity contribution < 1.29 is 23.8 Å². The van der Waals surface area contributed by atoms with E-state index in [-0.39, 0.29) is 17.4 Å². The number of fused-ring (bicyclic) bond motifs is 1. The minimum atomic E-state index is -4.21. The Morgan fingerprint density at radius 3 is 2.26 bits per heavy atom. The van der Waals surface area contributed by atoms with Crippen molar-refractivity contribution in [3.63, 3.8) is 0 Å². The lowest BCUT2D eigenvalue weighted by molar-refractivity contribution is -0.217. The van der Waals surface area contributed by atoms with Gasteiger partial charge in [0.2, 0.25) is 0 Å². The van der Waals surface area contributed by atoms with Crippen LogP contribution in [0.5, 0.6) is 0 Å². The van der Waals surface area contributed by atoms with Crippen LogP contribution in [0.1, 0.15) is 37.8 Å². The molecule has 0 radical (unpaired) electrons. The zero-order valence-electron chi connectivity index (χ0n) is 10.8. The Labute approximate surface area is 109 Å². The number of carboxylic acid groups (broad SMARTS) is 1. The van der Waals surface area contributed by atoms with Crippen LogP contribution >= 0.6 is 0 Å². The van der Waals surface area contributed by atoms with Crippen LogP contribution in [0.4, 0.5) is 8.78 Å². The summed E-state index contributed by atoms with van der Waals surface area (Å²) in [6.07, 6.45) is 0.0136. The molecule has 3 nitrogen and oxygen atoms in total. The number of aliphatic carboxylic acids is 1. The molecular weight excluding hydrogens is 254 g/mol. The van der Waals surface area contributed by atoms with Gasteiger partial charge in [0, 0.05) is 0 Å². The number of aliphatic hydroxyl groups is 1. The molecule has 0 saturated heterocycles. The standard InChI is InChI=1S/C14H16F2O3/c1-12(2)7-8-13(19,14(15,16)11(17)18)10-6-4-3-5-9(10)12/h3-6,19H,7-8H2,1-2H3,(H,17,18). The highest BCUT2D eigenvalue weighted by Gasteiger charge is 2.62. The molecule has 0 heterocycles. The molecule has 1 aromatic carbocycles. The van der Waals surface area contributed by atoms with Crippen molar-refractivity contribution in [2.24, 2.45) is 0 Å². The van der Waals surface area contributed by atoms with E-state index in [9.17, 15) is 18.7 Å². The second kappa shape index (κ2) is 4.00. The smallest absolute Gasteiger partial charge is 0.378 e. The Bertz CT molecular complexity index is 525. The van der Waals surface area contributed by atoms with Crippen molar-refractivity contribution >= 4 is 5.97 Å². The first-order valence-electron chi connectivity index (χ1n) is 6.06. The summed E-state index contributed by atoms with van der Waals surface area (Å²) in [7, 11) is 0. The fraction of sp³-hybridized carbons (Fsp3) is 0.500. The Morgan fingerprint density at radius 1 is 1.21 bits per heavy atom. The summed E-state index contributed by atoms with van der Waals surface area (Å²) in [6, 6.07) is 6.28. The number of hydrogen-bond acceptors (Lipinski definition) is 2. The van der Waals surface area contributed by atoms with Crippen LogP contribution in [0, 0.1) is 0 Å². The van der Waals surface area contributed by atoms with Gasteiger partial charge in [-0.2, -0.15) is 8.78 Å². The first-order valence-corrected chi connectivity index (χ1v) is 6.06. The van der Waals surface area contributed by atoms with E-state index in [1.807, 2.05) is 13.8 Å². The molecule has 0 aliphatic heterocycles. The number of benzene rings is 1. The molecule has 1 atom stereocenters. The van der Waals surface area contributed by atoms with E-state index in [2.05, 4.69) is 0 Å². The molecule has 0 bridgehead atoms. The molecule has 0 aromatic heterocycles. The first kappa shape index (κ1) is 13.9. The van der Waals surface area contributed by atoms with Crippen LogP contribution < -0.4 is 0 Å². The van der Waals surface area contributed by atoms with Crippen LogP contribution in [0.25, 0.3) is 0 Å². The van der Waals surface area contributed by atoms with Crippen LogP contribution in [-0.2, 0) is 15.8 Å². The zero-order valence-corrected chi connectivity index (χ0v) is 10.8. The lowest BCUT2D eigenvalue weighted by atomic mass is 9.65. The Balaban J connectivity index is 2.66. The van der Waals surface area contributed by atoms with Crippen molar-refractivity contribution in [3.05, 3.63) is 35.4 Å². The number of halogens is 2. The van der Waals surface area contributed by atoms with E-state index in [1.54, 1.807) is 12.1 Å². The summed E-state index contributed by atoms with van der Waals surface area (Å²) in [5.74, 6) is -6.51. The van der Waals surface area contributed by atoms with Gasteiger partial charge in [0.05, 0.1) is 0 Å². The largest absolute Gasteiger partial charge is 0.477 e. The van der Waals surface area contributed by atoms with Gasteiger partial charge >= 0.3 is 11.9 Å². The second-order valence-corrected chi connectivity index (χ2v) is 5.67. The topological polar surface area (TPSA) is 57.5 Å². The molecule has 0 amide bonds. The number of hydrogen-bond donors (Lipinski definition) is 2. The van der Waals surface area contributed by atoms with Gasteiger partial charge in [0.15, 0.2) is 5.60 Å². The SMILES string of the molecule is CC1(C)CCC(O)(C(F)(F)C(=O)O)c2ccccc21. The molecule has 2 N–H and O–H groups in total. The molecular formula is C14H16F2O3. The summed E-state index contributed by atoms with van der Waals surface area (Å²) in [4.78, 5) is 10.8. The van der Waals surface area contributed by atoms with E-state index in [0.717, 1.165) is 0 Å². The van der Waals surface area contributed by atoms with Crippen molar-refractivity contribution in [2.45, 2.75) is 43.6 Å². The minimum absolute atomic E-state index is 0.0126. The van der Waals surface area contributed by atoms with Gasteiger partial charge in [-0.15, -0.1) is 0 Å². The monoisotopic (exact) mass is 270 g/mol. The molecule has 19 heavy (non-hydrogen) atoms. The minimum Gasteiger partial charge on any atom is -0.477 e. The van der Waals surface area contributed by atoms with Crippen LogP contribution in [0.2, 0.25) is 0 Å². The van der Waals surface area contributed by atoms with Crippen LogP contribution in [-0.4, -0.2) is 22.1 Å². The normalized spacial score (nSPS) is 25.7. The Morgan fingerprint density at radius 2 is 1.74 bits per heavy atom. The van der Waals surface area contributed by atoms with Crippen molar-refractivity contribution in [1.82, 2.24) is 0 Å². The molecule has 1 unspecified atom stereocenters. The zero-order chi connectivity index (χ0) is 14.5. The molecule has 0 spiro atoms. The second-order valence-electron chi connectivity index (χ2n) is 5.67. The van der Waals surface area contributed by atoms with E-state index >= 15 is 0 Å². The number of carbonyl (C=O) groups is 1. The van der Waals surface area contributed by atoms with E-state index < -0.39 is 17.5 Å². The Hall–Kier alpha value is -1.49. The van der Waals surface area contributed by atoms with Crippen molar-refractivity contribution in [3.8, 4) is 0 Å². The molecule has 5 heteroatoms. The van der Waals surface area contributed by atoms with Gasteiger partial charge in [-0.25, -0.2) is 4.79 Å². The predicted octanol–water partition coefficient (Wildman–Crippen LogP) is 2.67. The fourth-order valence-electron chi connectivity index (χ4n) is 2.70. The maximum atomic E-state index is 13.9. The van der Waals surface area contributed by atoms with Crippen LogP contribution in [0.15, 0.2) is 24.3 Å². The van der Waals surface area contributed by atoms with Gasteiger partial charge in [0.1, 0.15) is 0 Å². The third kappa shape index (κ3) is 1.84. The maximum Gasteiger partial charge on any atom is 0.378 e. The molecule has 0 fully saturated rings. The van der Waals surface area contributed by atoms with Crippen molar-refractivity contribution in [2.75, 3.05) is 0 Å². The summed E-state index contributed by atoms with van der Waals surface area (Å²) < 4.78 is 27.8. The highest BCUT2D eigenvalue weighted by atomic mass is 19.3. The van der Waals surface area contributed by atoms with Crippen LogP contribution in [0.3, 0.4) is 0 Å². The van der Waals surface area contributed by atoms with Gasteiger partial charge < -0.3 is 10.2 Å². The average Bonchev–Trinajstić information content (AvgIpc) is 2.34. The highest BCUT2D eigenvalue weighted by molar-refractivity contribution is 5.78. The van der Waals surface area contributed by atoms with Gasteiger partial charge in [-0.05, 0) is 29.4 Å². The first-order chi connectivity index (χ1) is 8.63. The number of rotatable bonds is 2. The molecule has 1 aliphatic carbocycles. The summed E-state index contributed by atoms with van der Waals surface area (Å²) in [5, 5.41) is 19.0. The highest BCUT2D eigenvalue weighted by Crippen LogP contribution is 2.51. The number of alkyl halides is 2. The third-order valence-corrected chi connectivity index (χ3v) is 4.00. The molecule has 0 saturated carbocycles. The summed E-state index contributed by atoms with van der Waals surface area (Å²) in [6.45, 7) is 3.79. The maximum absolute atomic E-state index is 13.9. The molecule has 104 valence electrons. The number of carboxylic acids is 1. The third-order valence-electron chi connectivity index (χ3n) is 4.00. The average molecular weight is 270 g/mol. The summed E-state index contributed by atoms with van der Waals surface area (Å²) in [5.41, 5.74) is -2.43.